The van der Waals surface area contributed by atoms with Crippen LogP contribution in [0, 0.1) is 0 Å². The molecule has 6 nitrogen and oxygen atoms in total. The molecule has 0 bridgehead atoms. The summed E-state index contributed by atoms with van der Waals surface area (Å²) in [6.45, 7) is 2.12. The van der Waals surface area contributed by atoms with E-state index in [9.17, 15) is 0 Å². The highest BCUT2D eigenvalue weighted by molar-refractivity contribution is 6.28. The molecule has 100 valence electrons. The van der Waals surface area contributed by atoms with Crippen LogP contribution in [0.1, 0.15) is 25.2 Å². The topological polar surface area (TPSA) is 59.7 Å². The van der Waals surface area contributed by atoms with Gasteiger partial charge in [0.1, 0.15) is 12.0 Å². The van der Waals surface area contributed by atoms with Gasteiger partial charge in [0.25, 0.3) is 0 Å². The van der Waals surface area contributed by atoms with Gasteiger partial charge in [-0.1, -0.05) is 13.0 Å². The average molecular weight is 287 g/mol. The van der Waals surface area contributed by atoms with Crippen molar-refractivity contribution in [3.8, 4) is 5.69 Å². The maximum Gasteiger partial charge on any atom is 0.224 e. The molecular formula is C13H11ClN6. The highest BCUT2D eigenvalue weighted by Crippen LogP contribution is 2.41. The van der Waals surface area contributed by atoms with E-state index in [0.29, 0.717) is 0 Å². The number of nitrogens with zero attached hydrogens (tertiary/aromatic N) is 6. The molecule has 1 aliphatic heterocycles. The van der Waals surface area contributed by atoms with Crippen LogP contribution in [0.2, 0.25) is 5.28 Å². The van der Waals surface area contributed by atoms with Crippen molar-refractivity contribution in [2.45, 2.75) is 19.4 Å². The van der Waals surface area contributed by atoms with Gasteiger partial charge in [0.2, 0.25) is 5.28 Å². The molecule has 1 atom stereocenters. The number of anilines is 1. The van der Waals surface area contributed by atoms with Crippen molar-refractivity contribution in [2.24, 2.45) is 0 Å². The lowest BCUT2D eigenvalue weighted by Crippen LogP contribution is -2.35. The lowest BCUT2D eigenvalue weighted by molar-refractivity contribution is 0.575. The van der Waals surface area contributed by atoms with Crippen molar-refractivity contribution in [1.82, 2.24) is 24.7 Å². The Morgan fingerprint density at radius 1 is 1.40 bits per heavy atom. The normalized spacial score (nSPS) is 19.2. The molecule has 0 saturated carbocycles. The monoisotopic (exact) mass is 286 g/mol. The Kier molecular flexibility index (Phi) is 2.40. The number of aromatic nitrogens is 5. The molecule has 0 spiro atoms. The third-order valence-electron chi connectivity index (χ3n) is 3.59. The zero-order valence-corrected chi connectivity index (χ0v) is 11.5. The lowest BCUT2D eigenvalue weighted by atomic mass is 10.1. The maximum absolute atomic E-state index is 5.97. The van der Waals surface area contributed by atoms with E-state index in [1.807, 2.05) is 10.6 Å². The zero-order valence-electron chi connectivity index (χ0n) is 10.7. The zero-order chi connectivity index (χ0) is 13.7. The van der Waals surface area contributed by atoms with Crippen LogP contribution < -0.4 is 4.90 Å². The molecule has 2 aromatic rings. The van der Waals surface area contributed by atoms with Crippen LogP contribution in [-0.4, -0.2) is 24.7 Å². The second-order valence-corrected chi connectivity index (χ2v) is 4.99. The Morgan fingerprint density at radius 3 is 2.95 bits per heavy atom. The molecule has 7 heteroatoms. The number of fused-ring (bicyclic) bond motifs is 3. The predicted molar refractivity (Wildman–Crippen MR) is 74.7 cm³/mol. The van der Waals surface area contributed by atoms with Gasteiger partial charge in [0.15, 0.2) is 11.6 Å². The van der Waals surface area contributed by atoms with Crippen LogP contribution in [0.15, 0.2) is 36.4 Å². The summed E-state index contributed by atoms with van der Waals surface area (Å²) in [5.74, 6) is 1.69. The molecule has 2 aromatic heterocycles. The second kappa shape index (κ2) is 4.14. The summed E-state index contributed by atoms with van der Waals surface area (Å²) >= 11 is 5.97. The van der Waals surface area contributed by atoms with Crippen molar-refractivity contribution in [1.29, 1.82) is 0 Å². The highest BCUT2D eigenvalue weighted by Gasteiger charge is 2.35. The van der Waals surface area contributed by atoms with Gasteiger partial charge in [-0.2, -0.15) is 4.98 Å². The van der Waals surface area contributed by atoms with E-state index >= 15 is 0 Å². The van der Waals surface area contributed by atoms with Crippen LogP contribution in [0.25, 0.3) is 5.69 Å². The minimum Gasteiger partial charge on any atom is -0.314 e. The van der Waals surface area contributed by atoms with E-state index in [1.165, 1.54) is 0 Å². The second-order valence-electron chi connectivity index (χ2n) is 4.65. The van der Waals surface area contributed by atoms with Gasteiger partial charge < -0.3 is 4.90 Å². The van der Waals surface area contributed by atoms with E-state index in [2.05, 4.69) is 44.1 Å². The number of allylic oxidation sites excluding steroid dienone is 3. The fraction of sp³-hybridized carbons (Fsp3) is 0.231. The van der Waals surface area contributed by atoms with Crippen molar-refractivity contribution < 1.29 is 0 Å². The van der Waals surface area contributed by atoms with E-state index in [0.717, 1.165) is 29.4 Å². The summed E-state index contributed by atoms with van der Waals surface area (Å²) in [5, 5.41) is 8.51. The SMILES string of the molecule is CC[C@@H]1c2nncn2-c2cnc(Cl)nc2N1C1=CC=C1. The first kappa shape index (κ1) is 11.6. The molecule has 20 heavy (non-hydrogen) atoms. The summed E-state index contributed by atoms with van der Waals surface area (Å²) in [6.07, 6.45) is 10.4. The predicted octanol–water partition coefficient (Wildman–Crippen LogP) is 2.44. The largest absolute Gasteiger partial charge is 0.314 e. The van der Waals surface area contributed by atoms with Gasteiger partial charge in [-0.3, -0.25) is 4.57 Å². The smallest absolute Gasteiger partial charge is 0.224 e. The molecule has 0 radical (unpaired) electrons. The first-order chi connectivity index (χ1) is 9.79. The molecule has 4 rings (SSSR count). The molecule has 1 aliphatic carbocycles. The molecule has 0 amide bonds. The van der Waals surface area contributed by atoms with Crippen LogP contribution >= 0.6 is 11.6 Å². The summed E-state index contributed by atoms with van der Waals surface area (Å²) in [7, 11) is 0. The number of hydrogen-bond acceptors (Lipinski definition) is 5. The number of hydrogen-bond donors (Lipinski definition) is 0. The Bertz CT molecular complexity index is 747. The fourth-order valence-corrected chi connectivity index (χ4v) is 2.75. The van der Waals surface area contributed by atoms with E-state index in [4.69, 9.17) is 11.6 Å². The molecule has 0 saturated heterocycles. The number of halogens is 1. The van der Waals surface area contributed by atoms with Crippen molar-refractivity contribution >= 4 is 17.4 Å². The van der Waals surface area contributed by atoms with Gasteiger partial charge in [-0.05, 0) is 30.2 Å². The third kappa shape index (κ3) is 1.45. The number of rotatable bonds is 2. The summed E-state index contributed by atoms with van der Waals surface area (Å²) in [5.41, 5.74) is 1.95. The molecule has 0 N–H and O–H groups in total. The minimum atomic E-state index is 0.0900. The molecule has 3 heterocycles. The van der Waals surface area contributed by atoms with Gasteiger partial charge >= 0.3 is 0 Å². The van der Waals surface area contributed by atoms with Gasteiger partial charge in [0, 0.05) is 5.70 Å². The fourth-order valence-electron chi connectivity index (χ4n) is 2.62. The quantitative estimate of drug-likeness (QED) is 0.794. The van der Waals surface area contributed by atoms with E-state index in [1.54, 1.807) is 12.5 Å². The summed E-state index contributed by atoms with van der Waals surface area (Å²) < 4.78 is 1.93. The Morgan fingerprint density at radius 2 is 2.25 bits per heavy atom. The molecular weight excluding hydrogens is 276 g/mol. The lowest BCUT2D eigenvalue weighted by Gasteiger charge is -2.38. The first-order valence-corrected chi connectivity index (χ1v) is 6.78. The van der Waals surface area contributed by atoms with Crippen LogP contribution in [-0.2, 0) is 0 Å². The Balaban J connectivity index is 1.98. The van der Waals surface area contributed by atoms with E-state index in [-0.39, 0.29) is 11.3 Å². The molecule has 0 aromatic carbocycles. The van der Waals surface area contributed by atoms with Crippen LogP contribution in [0.3, 0.4) is 0 Å². The van der Waals surface area contributed by atoms with E-state index < -0.39 is 0 Å². The molecule has 2 aliphatic rings. The minimum absolute atomic E-state index is 0.0900. The first-order valence-electron chi connectivity index (χ1n) is 6.40. The Hall–Kier alpha value is -2.21. The van der Waals surface area contributed by atoms with Crippen molar-refractivity contribution in [3.63, 3.8) is 0 Å². The van der Waals surface area contributed by atoms with Crippen LogP contribution in [0.5, 0.6) is 0 Å². The van der Waals surface area contributed by atoms with Gasteiger partial charge in [-0.25, -0.2) is 4.98 Å². The Labute approximate surface area is 120 Å². The summed E-state index contributed by atoms with van der Waals surface area (Å²) in [6, 6.07) is 0.0900. The molecule has 0 unspecified atom stereocenters. The van der Waals surface area contributed by atoms with Crippen molar-refractivity contribution in [3.05, 3.63) is 47.6 Å². The van der Waals surface area contributed by atoms with Crippen LogP contribution in [0.4, 0.5) is 5.82 Å². The average Bonchev–Trinajstić information content (AvgIpc) is 2.86. The summed E-state index contributed by atoms with van der Waals surface area (Å²) in [4.78, 5) is 10.6. The van der Waals surface area contributed by atoms with Crippen molar-refractivity contribution in [2.75, 3.05) is 4.90 Å². The standard InChI is InChI=1S/C13H11ClN6/c1-2-9-12-18-16-7-19(12)10-6-15-13(14)17-11(10)20(9)8-4-3-5-8/h3-7,9H,2H2,1H3/t9-/m1/s1. The molecule has 0 fully saturated rings. The maximum atomic E-state index is 5.97. The van der Waals surface area contributed by atoms with Gasteiger partial charge in [-0.15, -0.1) is 10.2 Å². The third-order valence-corrected chi connectivity index (χ3v) is 3.77. The van der Waals surface area contributed by atoms with Gasteiger partial charge in [0.05, 0.1) is 12.2 Å². The highest BCUT2D eigenvalue weighted by atomic mass is 35.5.